The molecule has 0 aliphatic carbocycles. The molecule has 0 N–H and O–H groups in total. The molecule has 0 radical (unpaired) electrons. The summed E-state index contributed by atoms with van der Waals surface area (Å²) in [6, 6.07) is 12.9. The highest BCUT2D eigenvalue weighted by Gasteiger charge is 2.30. The molecule has 4 nitrogen and oxygen atoms in total. The number of rotatable bonds is 4. The van der Waals surface area contributed by atoms with Gasteiger partial charge in [-0.2, -0.15) is 0 Å². The van der Waals surface area contributed by atoms with E-state index in [9.17, 15) is 14.0 Å². The normalized spacial score (nSPS) is 17.2. The van der Waals surface area contributed by atoms with E-state index in [1.54, 1.807) is 48.4 Å². The van der Waals surface area contributed by atoms with Crippen molar-refractivity contribution < 1.29 is 18.7 Å². The smallest absolute Gasteiger partial charge is 0.256 e. The Morgan fingerprint density at radius 2 is 1.84 bits per heavy atom. The first-order valence-corrected chi connectivity index (χ1v) is 8.32. The molecule has 1 saturated heterocycles. The lowest BCUT2D eigenvalue weighted by molar-refractivity contribution is 0.0633. The average molecular weight is 341 g/mol. The molecular formula is C20H20FNO3. The third-order valence-corrected chi connectivity index (χ3v) is 4.56. The van der Waals surface area contributed by atoms with Crippen LogP contribution in [-0.4, -0.2) is 36.8 Å². The number of hydrogen-bond donors (Lipinski definition) is 0. The van der Waals surface area contributed by atoms with Crippen molar-refractivity contribution in [1.29, 1.82) is 0 Å². The Morgan fingerprint density at radius 3 is 2.52 bits per heavy atom. The Balaban J connectivity index is 1.73. The van der Waals surface area contributed by atoms with E-state index >= 15 is 0 Å². The molecule has 3 rings (SSSR count). The number of carbonyl (C=O) groups is 2. The van der Waals surface area contributed by atoms with E-state index in [4.69, 9.17) is 4.74 Å². The number of hydrogen-bond acceptors (Lipinski definition) is 3. The lowest BCUT2D eigenvalue weighted by atomic mass is 9.89. The molecule has 1 aliphatic rings. The van der Waals surface area contributed by atoms with Gasteiger partial charge in [0.15, 0.2) is 5.78 Å². The Kier molecular flexibility index (Phi) is 5.12. The van der Waals surface area contributed by atoms with E-state index in [1.807, 2.05) is 0 Å². The molecule has 0 bridgehead atoms. The molecule has 0 saturated carbocycles. The van der Waals surface area contributed by atoms with Crippen LogP contribution in [-0.2, 0) is 0 Å². The summed E-state index contributed by atoms with van der Waals surface area (Å²) in [6.45, 7) is 0.859. The number of nitrogens with zero attached hydrogens (tertiary/aromatic N) is 1. The van der Waals surface area contributed by atoms with Crippen LogP contribution in [0.25, 0.3) is 0 Å². The second kappa shape index (κ2) is 7.47. The molecule has 130 valence electrons. The van der Waals surface area contributed by atoms with Gasteiger partial charge in [0.25, 0.3) is 5.91 Å². The number of methoxy groups -OCH3 is 1. The Morgan fingerprint density at radius 1 is 1.12 bits per heavy atom. The first-order chi connectivity index (χ1) is 12.1. The summed E-state index contributed by atoms with van der Waals surface area (Å²) >= 11 is 0. The van der Waals surface area contributed by atoms with E-state index in [-0.39, 0.29) is 23.2 Å². The van der Waals surface area contributed by atoms with Crippen molar-refractivity contribution in [3.05, 3.63) is 65.5 Å². The molecule has 1 atom stereocenters. The van der Waals surface area contributed by atoms with Crippen LogP contribution in [0.3, 0.4) is 0 Å². The van der Waals surface area contributed by atoms with Crippen LogP contribution in [0.1, 0.15) is 33.6 Å². The van der Waals surface area contributed by atoms with Crippen LogP contribution in [0.2, 0.25) is 0 Å². The molecule has 1 unspecified atom stereocenters. The zero-order valence-corrected chi connectivity index (χ0v) is 14.1. The molecule has 0 spiro atoms. The zero-order valence-electron chi connectivity index (χ0n) is 14.1. The molecular weight excluding hydrogens is 321 g/mol. The molecule has 2 aromatic carbocycles. The summed E-state index contributed by atoms with van der Waals surface area (Å²) in [6.07, 6.45) is 1.46. The number of carbonyl (C=O) groups excluding carboxylic acids is 2. The number of likely N-dealkylation sites (tertiary alicyclic amines) is 1. The fourth-order valence-electron chi connectivity index (χ4n) is 3.17. The van der Waals surface area contributed by atoms with Crippen LogP contribution < -0.4 is 4.74 Å². The first-order valence-electron chi connectivity index (χ1n) is 8.32. The predicted molar refractivity (Wildman–Crippen MR) is 92.4 cm³/mol. The van der Waals surface area contributed by atoms with E-state index in [0.717, 1.165) is 12.8 Å². The molecule has 0 aromatic heterocycles. The lowest BCUT2D eigenvalue weighted by Crippen LogP contribution is -2.42. The van der Waals surface area contributed by atoms with Gasteiger partial charge in [-0.3, -0.25) is 9.59 Å². The van der Waals surface area contributed by atoms with Crippen molar-refractivity contribution in [2.75, 3.05) is 20.2 Å². The highest BCUT2D eigenvalue weighted by Crippen LogP contribution is 2.24. The van der Waals surface area contributed by atoms with Gasteiger partial charge in [0.2, 0.25) is 0 Å². The molecule has 1 aliphatic heterocycles. The van der Waals surface area contributed by atoms with Gasteiger partial charge in [-0.1, -0.05) is 12.1 Å². The zero-order chi connectivity index (χ0) is 17.8. The maximum absolute atomic E-state index is 13.9. The molecule has 1 fully saturated rings. The number of piperidine rings is 1. The van der Waals surface area contributed by atoms with Crippen molar-refractivity contribution in [3.8, 4) is 5.75 Å². The van der Waals surface area contributed by atoms with Crippen LogP contribution in [0.15, 0.2) is 48.5 Å². The average Bonchev–Trinajstić information content (AvgIpc) is 2.67. The van der Waals surface area contributed by atoms with Gasteiger partial charge >= 0.3 is 0 Å². The highest BCUT2D eigenvalue weighted by molar-refractivity contribution is 5.99. The number of ether oxygens (including phenoxy) is 1. The van der Waals surface area contributed by atoms with E-state index in [0.29, 0.717) is 24.4 Å². The SMILES string of the molecule is COc1ccc(C(=O)C2CCCN(C(=O)c3ccccc3F)C2)cc1. The first kappa shape index (κ1) is 17.1. The van der Waals surface area contributed by atoms with Gasteiger partial charge in [-0.25, -0.2) is 4.39 Å². The van der Waals surface area contributed by atoms with Crippen LogP contribution in [0, 0.1) is 11.7 Å². The molecule has 2 aromatic rings. The maximum atomic E-state index is 13.9. The fourth-order valence-corrected chi connectivity index (χ4v) is 3.17. The van der Waals surface area contributed by atoms with Crippen molar-refractivity contribution in [2.45, 2.75) is 12.8 Å². The van der Waals surface area contributed by atoms with Crippen molar-refractivity contribution in [3.63, 3.8) is 0 Å². The van der Waals surface area contributed by atoms with E-state index < -0.39 is 5.82 Å². The number of Topliss-reactive ketones (excluding diaryl/α,β-unsaturated/α-hetero) is 1. The lowest BCUT2D eigenvalue weighted by Gasteiger charge is -2.32. The van der Waals surface area contributed by atoms with Crippen LogP contribution in [0.4, 0.5) is 4.39 Å². The third-order valence-electron chi connectivity index (χ3n) is 4.56. The number of ketones is 1. The van der Waals surface area contributed by atoms with Gasteiger partial charge in [-0.05, 0) is 49.2 Å². The number of amides is 1. The van der Waals surface area contributed by atoms with Crippen LogP contribution >= 0.6 is 0 Å². The topological polar surface area (TPSA) is 46.6 Å². The van der Waals surface area contributed by atoms with Gasteiger partial charge < -0.3 is 9.64 Å². The minimum Gasteiger partial charge on any atom is -0.497 e. The molecule has 5 heteroatoms. The monoisotopic (exact) mass is 341 g/mol. The van der Waals surface area contributed by atoms with Gasteiger partial charge in [-0.15, -0.1) is 0 Å². The second-order valence-electron chi connectivity index (χ2n) is 6.16. The standard InChI is InChI=1S/C20H20FNO3/c1-25-16-10-8-14(9-11-16)19(23)15-5-4-12-22(13-15)20(24)17-6-2-3-7-18(17)21/h2-3,6-11,15H,4-5,12-13H2,1H3. The highest BCUT2D eigenvalue weighted by atomic mass is 19.1. The van der Waals surface area contributed by atoms with Gasteiger partial charge in [0.1, 0.15) is 11.6 Å². The number of halogens is 1. The van der Waals surface area contributed by atoms with Crippen LogP contribution in [0.5, 0.6) is 5.75 Å². The minimum absolute atomic E-state index is 0.00804. The van der Waals surface area contributed by atoms with Crippen molar-refractivity contribution >= 4 is 11.7 Å². The summed E-state index contributed by atoms with van der Waals surface area (Å²) in [7, 11) is 1.57. The summed E-state index contributed by atoms with van der Waals surface area (Å²) in [5.41, 5.74) is 0.658. The summed E-state index contributed by atoms with van der Waals surface area (Å²) < 4.78 is 19.0. The van der Waals surface area contributed by atoms with Crippen molar-refractivity contribution in [1.82, 2.24) is 4.90 Å². The molecule has 25 heavy (non-hydrogen) atoms. The Labute approximate surface area is 146 Å². The predicted octanol–water partition coefficient (Wildman–Crippen LogP) is 3.57. The minimum atomic E-state index is -0.531. The van der Waals surface area contributed by atoms with Crippen molar-refractivity contribution in [2.24, 2.45) is 5.92 Å². The Hall–Kier alpha value is -2.69. The maximum Gasteiger partial charge on any atom is 0.256 e. The summed E-state index contributed by atoms with van der Waals surface area (Å²) in [5, 5.41) is 0. The fraction of sp³-hybridized carbons (Fsp3) is 0.300. The largest absolute Gasteiger partial charge is 0.497 e. The number of benzene rings is 2. The molecule has 1 heterocycles. The Bertz CT molecular complexity index is 773. The van der Waals surface area contributed by atoms with E-state index in [1.165, 1.54) is 12.1 Å². The van der Waals surface area contributed by atoms with Gasteiger partial charge in [0, 0.05) is 24.6 Å². The quantitative estimate of drug-likeness (QED) is 0.799. The van der Waals surface area contributed by atoms with E-state index in [2.05, 4.69) is 0 Å². The summed E-state index contributed by atoms with van der Waals surface area (Å²) in [4.78, 5) is 26.9. The third kappa shape index (κ3) is 3.71. The second-order valence-corrected chi connectivity index (χ2v) is 6.16. The summed E-state index contributed by atoms with van der Waals surface area (Å²) in [5.74, 6) is -0.454. The van der Waals surface area contributed by atoms with Gasteiger partial charge in [0.05, 0.1) is 12.7 Å². The molecule has 1 amide bonds.